The third kappa shape index (κ3) is 4.06. The number of nitrogens with one attached hydrogen (secondary N) is 1. The van der Waals surface area contributed by atoms with Crippen molar-refractivity contribution in [2.75, 3.05) is 11.9 Å². The molecule has 0 saturated heterocycles. The quantitative estimate of drug-likeness (QED) is 0.709. The summed E-state index contributed by atoms with van der Waals surface area (Å²) in [4.78, 5) is 12.1. The number of aryl methyl sites for hydroxylation is 2. The van der Waals surface area contributed by atoms with Crippen molar-refractivity contribution in [2.24, 2.45) is 0 Å². The average molecular weight is 376 g/mol. The highest BCUT2D eigenvalue weighted by Crippen LogP contribution is 2.24. The van der Waals surface area contributed by atoms with Gasteiger partial charge in [-0.25, -0.2) is 0 Å². The number of ether oxygens (including phenoxy) is 1. The lowest BCUT2D eigenvalue weighted by molar-refractivity contribution is -0.118. The van der Waals surface area contributed by atoms with Gasteiger partial charge in [0.2, 0.25) is 0 Å². The summed E-state index contributed by atoms with van der Waals surface area (Å²) in [5.41, 5.74) is 3.02. The molecule has 2 aromatic carbocycles. The van der Waals surface area contributed by atoms with Crippen LogP contribution in [0.3, 0.4) is 0 Å². The molecule has 0 atom stereocenters. The molecule has 0 bridgehead atoms. The first-order valence-corrected chi connectivity index (χ1v) is 9.77. The normalized spacial score (nSPS) is 13.0. The Morgan fingerprint density at radius 1 is 1.07 bits per heavy atom. The monoisotopic (exact) mass is 376 g/mol. The van der Waals surface area contributed by atoms with E-state index in [1.807, 2.05) is 48.5 Å². The maximum atomic E-state index is 12.1. The number of benzene rings is 2. The average Bonchev–Trinajstić information content (AvgIpc) is 3.17. The zero-order valence-corrected chi connectivity index (χ0v) is 16.0. The Labute approximate surface area is 164 Å². The van der Waals surface area contributed by atoms with E-state index in [0.29, 0.717) is 5.75 Å². The molecule has 3 aromatic rings. The number of rotatable bonds is 6. The minimum atomic E-state index is -0.181. The van der Waals surface area contributed by atoms with E-state index in [9.17, 15) is 4.79 Å². The van der Waals surface area contributed by atoms with E-state index in [0.717, 1.165) is 48.7 Å². The van der Waals surface area contributed by atoms with E-state index >= 15 is 0 Å². The van der Waals surface area contributed by atoms with Crippen LogP contribution in [0.5, 0.6) is 5.75 Å². The summed E-state index contributed by atoms with van der Waals surface area (Å²) in [7, 11) is 0. The van der Waals surface area contributed by atoms with Gasteiger partial charge < -0.3 is 14.6 Å². The van der Waals surface area contributed by atoms with Gasteiger partial charge in [-0.15, -0.1) is 10.2 Å². The second-order valence-electron chi connectivity index (χ2n) is 6.96. The summed E-state index contributed by atoms with van der Waals surface area (Å²) in [6.07, 6.45) is 4.31. The van der Waals surface area contributed by atoms with Crippen molar-refractivity contribution in [1.29, 1.82) is 0 Å². The smallest absolute Gasteiger partial charge is 0.262 e. The van der Waals surface area contributed by atoms with E-state index < -0.39 is 0 Å². The van der Waals surface area contributed by atoms with Crippen LogP contribution in [0.4, 0.5) is 5.69 Å². The second-order valence-corrected chi connectivity index (χ2v) is 6.96. The molecule has 144 valence electrons. The number of aromatic nitrogens is 3. The molecule has 1 amide bonds. The second kappa shape index (κ2) is 8.25. The first kappa shape index (κ1) is 18.2. The Morgan fingerprint density at radius 3 is 2.61 bits per heavy atom. The molecule has 0 unspecified atom stereocenters. The van der Waals surface area contributed by atoms with Gasteiger partial charge in [0.1, 0.15) is 11.6 Å². The SMILES string of the molecule is CCc1ccc(NC(=O)COc2ccc(-c3nnc4n3CCCC4)cc2)cc1. The predicted molar refractivity (Wildman–Crippen MR) is 108 cm³/mol. The molecule has 4 rings (SSSR count). The Bertz CT molecular complexity index is 946. The highest BCUT2D eigenvalue weighted by atomic mass is 16.5. The molecule has 1 aliphatic rings. The highest BCUT2D eigenvalue weighted by molar-refractivity contribution is 5.91. The number of anilines is 1. The van der Waals surface area contributed by atoms with Crippen molar-refractivity contribution in [3.63, 3.8) is 0 Å². The minimum absolute atomic E-state index is 0.0325. The Morgan fingerprint density at radius 2 is 1.86 bits per heavy atom. The van der Waals surface area contributed by atoms with Gasteiger partial charge in [0.15, 0.2) is 12.4 Å². The fraction of sp³-hybridized carbons (Fsp3) is 0.318. The van der Waals surface area contributed by atoms with Crippen LogP contribution in [0.25, 0.3) is 11.4 Å². The van der Waals surface area contributed by atoms with Crippen LogP contribution in [-0.4, -0.2) is 27.3 Å². The zero-order chi connectivity index (χ0) is 19.3. The van der Waals surface area contributed by atoms with E-state index in [2.05, 4.69) is 27.0 Å². The molecule has 0 saturated carbocycles. The highest BCUT2D eigenvalue weighted by Gasteiger charge is 2.16. The first-order valence-electron chi connectivity index (χ1n) is 9.77. The number of amides is 1. The number of carbonyl (C=O) groups excluding carboxylic acids is 1. The van der Waals surface area contributed by atoms with Crippen molar-refractivity contribution in [3.8, 4) is 17.1 Å². The predicted octanol–water partition coefficient (Wildman–Crippen LogP) is 3.86. The molecular formula is C22H24N4O2. The molecule has 2 heterocycles. The van der Waals surface area contributed by atoms with Gasteiger partial charge in [-0.1, -0.05) is 19.1 Å². The van der Waals surface area contributed by atoms with Crippen LogP contribution in [0.15, 0.2) is 48.5 Å². The molecule has 0 aliphatic carbocycles. The van der Waals surface area contributed by atoms with E-state index in [-0.39, 0.29) is 12.5 Å². The summed E-state index contributed by atoms with van der Waals surface area (Å²) < 4.78 is 7.81. The topological polar surface area (TPSA) is 69.0 Å². The lowest BCUT2D eigenvalue weighted by Gasteiger charge is -2.14. The minimum Gasteiger partial charge on any atom is -0.484 e. The van der Waals surface area contributed by atoms with Gasteiger partial charge in [0.25, 0.3) is 5.91 Å². The van der Waals surface area contributed by atoms with Crippen molar-refractivity contribution in [2.45, 2.75) is 39.2 Å². The number of hydrogen-bond donors (Lipinski definition) is 1. The number of carbonyl (C=O) groups is 1. The summed E-state index contributed by atoms with van der Waals surface area (Å²) in [5.74, 6) is 2.43. The molecule has 0 fully saturated rings. The van der Waals surface area contributed by atoms with Crippen LogP contribution < -0.4 is 10.1 Å². The van der Waals surface area contributed by atoms with Gasteiger partial charge in [-0.2, -0.15) is 0 Å². The largest absolute Gasteiger partial charge is 0.484 e. The standard InChI is InChI=1S/C22H24N4O2/c1-2-16-6-10-18(11-7-16)23-21(27)15-28-19-12-8-17(9-13-19)22-25-24-20-5-3-4-14-26(20)22/h6-13H,2-5,14-15H2,1H3,(H,23,27). The zero-order valence-electron chi connectivity index (χ0n) is 16.0. The molecule has 28 heavy (non-hydrogen) atoms. The van der Waals surface area contributed by atoms with E-state index in [1.54, 1.807) is 0 Å². The van der Waals surface area contributed by atoms with Crippen molar-refractivity contribution in [1.82, 2.24) is 14.8 Å². The summed E-state index contributed by atoms with van der Waals surface area (Å²) >= 11 is 0. The van der Waals surface area contributed by atoms with Crippen LogP contribution >= 0.6 is 0 Å². The molecule has 6 nitrogen and oxygen atoms in total. The molecule has 0 spiro atoms. The maximum Gasteiger partial charge on any atom is 0.262 e. The lowest BCUT2D eigenvalue weighted by Crippen LogP contribution is -2.20. The van der Waals surface area contributed by atoms with Gasteiger partial charge in [-0.05, 0) is 61.2 Å². The van der Waals surface area contributed by atoms with Crippen molar-refractivity contribution < 1.29 is 9.53 Å². The van der Waals surface area contributed by atoms with E-state index in [4.69, 9.17) is 4.74 Å². The fourth-order valence-corrected chi connectivity index (χ4v) is 3.39. The van der Waals surface area contributed by atoms with Gasteiger partial charge in [0.05, 0.1) is 0 Å². The summed E-state index contributed by atoms with van der Waals surface area (Å²) in [5, 5.41) is 11.5. The van der Waals surface area contributed by atoms with Crippen LogP contribution in [-0.2, 0) is 24.2 Å². The van der Waals surface area contributed by atoms with Crippen molar-refractivity contribution >= 4 is 11.6 Å². The molecular weight excluding hydrogens is 352 g/mol. The van der Waals surface area contributed by atoms with Gasteiger partial charge in [0, 0.05) is 24.2 Å². The molecule has 0 radical (unpaired) electrons. The maximum absolute atomic E-state index is 12.1. The molecule has 6 heteroatoms. The lowest BCUT2D eigenvalue weighted by atomic mass is 10.1. The van der Waals surface area contributed by atoms with Gasteiger partial charge in [-0.3, -0.25) is 4.79 Å². The number of nitrogens with zero attached hydrogens (tertiary/aromatic N) is 3. The van der Waals surface area contributed by atoms with Crippen LogP contribution in [0.1, 0.15) is 31.2 Å². The molecule has 1 aromatic heterocycles. The molecule has 1 N–H and O–H groups in total. The number of hydrogen-bond acceptors (Lipinski definition) is 4. The molecule has 1 aliphatic heterocycles. The Balaban J connectivity index is 1.34. The van der Waals surface area contributed by atoms with Crippen molar-refractivity contribution in [3.05, 3.63) is 59.9 Å². The Kier molecular flexibility index (Phi) is 5.37. The summed E-state index contributed by atoms with van der Waals surface area (Å²) in [6, 6.07) is 15.5. The van der Waals surface area contributed by atoms with Gasteiger partial charge >= 0.3 is 0 Å². The van der Waals surface area contributed by atoms with Crippen LogP contribution in [0, 0.1) is 0 Å². The third-order valence-corrected chi connectivity index (χ3v) is 4.99. The van der Waals surface area contributed by atoms with E-state index in [1.165, 1.54) is 12.0 Å². The Hall–Kier alpha value is -3.15. The van der Waals surface area contributed by atoms with Crippen LogP contribution in [0.2, 0.25) is 0 Å². The number of fused-ring (bicyclic) bond motifs is 1. The summed E-state index contributed by atoms with van der Waals surface area (Å²) in [6.45, 7) is 3.04. The fourth-order valence-electron chi connectivity index (χ4n) is 3.39. The third-order valence-electron chi connectivity index (χ3n) is 4.99. The first-order chi connectivity index (χ1) is 13.7.